The molecule has 0 amide bonds. The highest BCUT2D eigenvalue weighted by atomic mass is 35.5. The Balaban J connectivity index is 1.79. The average molecular weight is 380 g/mol. The van der Waals surface area contributed by atoms with Crippen molar-refractivity contribution in [2.75, 3.05) is 23.7 Å². The van der Waals surface area contributed by atoms with Gasteiger partial charge < -0.3 is 16.4 Å². The molecule has 1 aliphatic carbocycles. The van der Waals surface area contributed by atoms with E-state index in [0.29, 0.717) is 39.1 Å². The molecule has 1 saturated carbocycles. The summed E-state index contributed by atoms with van der Waals surface area (Å²) in [7, 11) is 0. The van der Waals surface area contributed by atoms with Crippen LogP contribution in [0.5, 0.6) is 0 Å². The average Bonchev–Trinajstić information content (AvgIpc) is 2.60. The summed E-state index contributed by atoms with van der Waals surface area (Å²) in [5, 5.41) is 0.903. The zero-order chi connectivity index (χ0) is 18.0. The highest BCUT2D eigenvalue weighted by Gasteiger charge is 2.27. The van der Waals surface area contributed by atoms with Crippen molar-refractivity contribution in [2.24, 2.45) is 11.7 Å². The molecule has 25 heavy (non-hydrogen) atoms. The minimum absolute atomic E-state index is 0.348. The first kappa shape index (κ1) is 18.2. The maximum atomic E-state index is 6.27. The monoisotopic (exact) mass is 379 g/mol. The summed E-state index contributed by atoms with van der Waals surface area (Å²) in [4.78, 5) is 11.2. The van der Waals surface area contributed by atoms with Gasteiger partial charge in [0, 0.05) is 24.7 Å². The number of nitrogens with two attached hydrogens (primary N) is 2. The quantitative estimate of drug-likeness (QED) is 0.792. The number of benzene rings is 1. The van der Waals surface area contributed by atoms with E-state index in [1.807, 2.05) is 12.1 Å². The van der Waals surface area contributed by atoms with Crippen LogP contribution in [0.4, 0.5) is 11.6 Å². The van der Waals surface area contributed by atoms with Gasteiger partial charge in [0.1, 0.15) is 11.5 Å². The van der Waals surface area contributed by atoms with E-state index >= 15 is 0 Å². The predicted octanol–water partition coefficient (Wildman–Crippen LogP) is 3.99. The fourth-order valence-electron chi connectivity index (χ4n) is 3.15. The molecule has 0 aliphatic heterocycles. The van der Waals surface area contributed by atoms with Crippen LogP contribution in [0, 0.1) is 5.92 Å². The van der Waals surface area contributed by atoms with Gasteiger partial charge in [-0.15, -0.1) is 0 Å². The fraction of sp³-hybridized carbons (Fsp3) is 0.444. The van der Waals surface area contributed by atoms with Crippen molar-refractivity contribution in [3.63, 3.8) is 0 Å². The van der Waals surface area contributed by atoms with Gasteiger partial charge in [-0.3, -0.25) is 0 Å². The zero-order valence-corrected chi connectivity index (χ0v) is 15.8. The van der Waals surface area contributed by atoms with Crippen LogP contribution in [0.25, 0.3) is 11.3 Å². The Morgan fingerprint density at radius 2 is 2.08 bits per heavy atom. The summed E-state index contributed by atoms with van der Waals surface area (Å²) in [5.74, 6) is 1.74. The highest BCUT2D eigenvalue weighted by Crippen LogP contribution is 2.35. The molecular weight excluding hydrogens is 357 g/mol. The first-order valence-corrected chi connectivity index (χ1v) is 9.34. The second kappa shape index (κ2) is 7.77. The lowest BCUT2D eigenvalue weighted by atomic mass is 9.78. The Morgan fingerprint density at radius 1 is 1.28 bits per heavy atom. The minimum atomic E-state index is 0.348. The van der Waals surface area contributed by atoms with Crippen LogP contribution in [0.2, 0.25) is 10.0 Å². The van der Waals surface area contributed by atoms with E-state index in [1.165, 1.54) is 6.42 Å². The Hall–Kier alpha value is -1.56. The molecule has 1 aromatic carbocycles. The molecule has 4 N–H and O–H groups in total. The van der Waals surface area contributed by atoms with Crippen molar-refractivity contribution in [1.82, 2.24) is 9.97 Å². The van der Waals surface area contributed by atoms with E-state index in [-0.39, 0.29) is 0 Å². The van der Waals surface area contributed by atoms with Crippen LogP contribution in [0.3, 0.4) is 0 Å². The molecule has 0 spiro atoms. The van der Waals surface area contributed by atoms with E-state index < -0.39 is 0 Å². The molecule has 5 nitrogen and oxygen atoms in total. The minimum Gasteiger partial charge on any atom is -0.382 e. The lowest BCUT2D eigenvalue weighted by Crippen LogP contribution is -2.41. The first-order chi connectivity index (χ1) is 12.0. The van der Waals surface area contributed by atoms with Crippen LogP contribution < -0.4 is 16.4 Å². The lowest BCUT2D eigenvalue weighted by Gasteiger charge is -2.35. The summed E-state index contributed by atoms with van der Waals surface area (Å²) >= 11 is 12.4. The van der Waals surface area contributed by atoms with Crippen LogP contribution >= 0.6 is 23.2 Å². The van der Waals surface area contributed by atoms with Crippen LogP contribution in [-0.2, 0) is 0 Å². The van der Waals surface area contributed by atoms with Gasteiger partial charge in [0.25, 0.3) is 0 Å². The van der Waals surface area contributed by atoms with Crippen LogP contribution in [0.1, 0.15) is 26.2 Å². The third kappa shape index (κ3) is 3.84. The number of anilines is 2. The molecule has 134 valence electrons. The van der Waals surface area contributed by atoms with Crippen molar-refractivity contribution >= 4 is 34.8 Å². The van der Waals surface area contributed by atoms with Crippen molar-refractivity contribution < 1.29 is 0 Å². The molecule has 2 atom stereocenters. The van der Waals surface area contributed by atoms with Crippen molar-refractivity contribution in [1.29, 1.82) is 0 Å². The molecular formula is C18H23Cl2N5. The molecule has 1 fully saturated rings. The predicted molar refractivity (Wildman–Crippen MR) is 105 cm³/mol. The van der Waals surface area contributed by atoms with Gasteiger partial charge in [0.15, 0.2) is 5.82 Å². The van der Waals surface area contributed by atoms with Gasteiger partial charge in [-0.05, 0) is 38.2 Å². The van der Waals surface area contributed by atoms with Crippen molar-refractivity contribution in [3.05, 3.63) is 34.4 Å². The Morgan fingerprint density at radius 3 is 2.68 bits per heavy atom. The molecule has 3 rings (SSSR count). The molecule has 0 bridgehead atoms. The number of rotatable bonds is 6. The van der Waals surface area contributed by atoms with Gasteiger partial charge in [-0.1, -0.05) is 35.3 Å². The normalized spacial score (nSPS) is 19.5. The number of hydrogen-bond acceptors (Lipinski definition) is 5. The topological polar surface area (TPSA) is 81.1 Å². The molecule has 7 heteroatoms. The molecule has 2 unspecified atom stereocenters. The van der Waals surface area contributed by atoms with Gasteiger partial charge in [0.05, 0.1) is 16.2 Å². The third-order valence-corrected chi connectivity index (χ3v) is 5.76. The van der Waals surface area contributed by atoms with E-state index in [4.69, 9.17) is 34.7 Å². The molecule has 1 aliphatic rings. The summed E-state index contributed by atoms with van der Waals surface area (Å²) < 4.78 is 0. The lowest BCUT2D eigenvalue weighted by molar-refractivity contribution is 0.243. The van der Waals surface area contributed by atoms with Gasteiger partial charge in [-0.25, -0.2) is 9.97 Å². The van der Waals surface area contributed by atoms with E-state index in [2.05, 4.69) is 21.8 Å². The van der Waals surface area contributed by atoms with E-state index in [9.17, 15) is 0 Å². The zero-order valence-electron chi connectivity index (χ0n) is 14.3. The SMILES string of the molecule is CCN(CCC1CCC1N)c1cnc(-c2cccc(Cl)c2Cl)c(N)n1. The smallest absolute Gasteiger partial charge is 0.152 e. The molecule has 1 heterocycles. The van der Waals surface area contributed by atoms with Gasteiger partial charge in [0.2, 0.25) is 0 Å². The number of nitrogen functional groups attached to an aromatic ring is 1. The van der Waals surface area contributed by atoms with E-state index in [1.54, 1.807) is 12.3 Å². The van der Waals surface area contributed by atoms with Gasteiger partial charge >= 0.3 is 0 Å². The highest BCUT2D eigenvalue weighted by molar-refractivity contribution is 6.43. The second-order valence-electron chi connectivity index (χ2n) is 6.43. The molecule has 2 aromatic rings. The van der Waals surface area contributed by atoms with Gasteiger partial charge in [-0.2, -0.15) is 0 Å². The third-order valence-electron chi connectivity index (χ3n) is 4.95. The molecule has 1 aromatic heterocycles. The standard InChI is InChI=1S/C18H23Cl2N5/c1-2-25(9-8-11-6-7-14(11)21)15-10-23-17(18(22)24-15)12-4-3-5-13(19)16(12)20/h3-5,10-11,14H,2,6-9,21H2,1H3,(H2,22,24). The first-order valence-electron chi connectivity index (χ1n) is 8.58. The number of hydrogen-bond donors (Lipinski definition) is 2. The number of halogens is 2. The maximum absolute atomic E-state index is 6.27. The fourth-order valence-corrected chi connectivity index (χ4v) is 3.54. The van der Waals surface area contributed by atoms with Crippen LogP contribution in [0.15, 0.2) is 24.4 Å². The number of aromatic nitrogens is 2. The molecule has 0 radical (unpaired) electrons. The Bertz CT molecular complexity index is 752. The maximum Gasteiger partial charge on any atom is 0.152 e. The van der Waals surface area contributed by atoms with Crippen LogP contribution in [-0.4, -0.2) is 29.1 Å². The summed E-state index contributed by atoms with van der Waals surface area (Å²) in [5.41, 5.74) is 13.4. The summed E-state index contributed by atoms with van der Waals surface area (Å²) in [6.07, 6.45) is 5.17. The molecule has 0 saturated heterocycles. The summed E-state index contributed by atoms with van der Waals surface area (Å²) in [6.45, 7) is 3.84. The Kier molecular flexibility index (Phi) is 5.67. The van der Waals surface area contributed by atoms with E-state index in [0.717, 1.165) is 31.7 Å². The van der Waals surface area contributed by atoms with Crippen molar-refractivity contribution in [2.45, 2.75) is 32.2 Å². The second-order valence-corrected chi connectivity index (χ2v) is 7.22. The number of nitrogens with zero attached hydrogens (tertiary/aromatic N) is 3. The summed E-state index contributed by atoms with van der Waals surface area (Å²) in [6, 6.07) is 5.74. The van der Waals surface area contributed by atoms with Crippen molar-refractivity contribution in [3.8, 4) is 11.3 Å². The Labute approximate surface area is 158 Å². The largest absolute Gasteiger partial charge is 0.382 e.